The van der Waals surface area contributed by atoms with Crippen LogP contribution in [0.1, 0.15) is 59.7 Å². The van der Waals surface area contributed by atoms with Gasteiger partial charge in [0.2, 0.25) is 0 Å². The van der Waals surface area contributed by atoms with Crippen molar-refractivity contribution in [1.29, 1.82) is 0 Å². The summed E-state index contributed by atoms with van der Waals surface area (Å²) in [5.74, 6) is 1.70. The fourth-order valence-corrected chi connectivity index (χ4v) is 5.86. The number of aryl methyl sites for hydroxylation is 1. The standard InChI is InChI=1S/C34H39FN2O5/c1-23-11-14-28-21-37(33(38)31(28)32(23)35)20-25-12-15-27(16-13-25)24(2)42-30-10-6-9-29(19-30)40-18-17-36-34(39)41-22-26-7-4-3-5-8-26/h3-11,14,19,24-25,27H,12-13,15-18,20-22H2,1-2H3,(H,36,39). The molecule has 1 aliphatic heterocycles. The first-order valence-corrected chi connectivity index (χ1v) is 14.8. The second-order valence-electron chi connectivity index (χ2n) is 11.3. The summed E-state index contributed by atoms with van der Waals surface area (Å²) in [6, 6.07) is 20.7. The number of halogens is 1. The zero-order chi connectivity index (χ0) is 29.5. The number of rotatable bonds is 11. The predicted molar refractivity (Wildman–Crippen MR) is 158 cm³/mol. The number of hydrogen-bond donors (Lipinski definition) is 1. The molecule has 1 N–H and O–H groups in total. The van der Waals surface area contributed by atoms with E-state index in [0.717, 1.165) is 42.6 Å². The minimum Gasteiger partial charge on any atom is -0.492 e. The van der Waals surface area contributed by atoms with E-state index in [2.05, 4.69) is 12.2 Å². The average Bonchev–Trinajstić information content (AvgIpc) is 3.32. The molecule has 222 valence electrons. The van der Waals surface area contributed by atoms with E-state index in [4.69, 9.17) is 14.2 Å². The minimum atomic E-state index is -0.482. The van der Waals surface area contributed by atoms with Crippen LogP contribution < -0.4 is 14.8 Å². The number of nitrogens with one attached hydrogen (secondary N) is 1. The molecule has 3 aromatic rings. The number of benzene rings is 3. The predicted octanol–water partition coefficient (Wildman–Crippen LogP) is 6.67. The third kappa shape index (κ3) is 7.41. The highest BCUT2D eigenvalue weighted by Crippen LogP contribution is 2.35. The number of fused-ring (bicyclic) bond motifs is 1. The van der Waals surface area contributed by atoms with Crippen molar-refractivity contribution in [3.63, 3.8) is 0 Å². The fraction of sp³-hybridized carbons (Fsp3) is 0.412. The number of hydrogen-bond acceptors (Lipinski definition) is 5. The first-order valence-electron chi connectivity index (χ1n) is 14.8. The van der Waals surface area contributed by atoms with E-state index in [-0.39, 0.29) is 30.0 Å². The molecule has 0 spiro atoms. The van der Waals surface area contributed by atoms with Gasteiger partial charge in [-0.1, -0.05) is 48.5 Å². The third-order valence-corrected chi connectivity index (χ3v) is 8.30. The Kier molecular flexibility index (Phi) is 9.62. The lowest BCUT2D eigenvalue weighted by molar-refractivity contribution is 0.0682. The van der Waals surface area contributed by atoms with Crippen molar-refractivity contribution in [3.05, 3.63) is 94.8 Å². The van der Waals surface area contributed by atoms with Gasteiger partial charge >= 0.3 is 6.09 Å². The molecule has 1 unspecified atom stereocenters. The van der Waals surface area contributed by atoms with Gasteiger partial charge in [-0.25, -0.2) is 9.18 Å². The Morgan fingerprint density at radius 2 is 1.79 bits per heavy atom. The number of carbonyl (C=O) groups is 2. The summed E-state index contributed by atoms with van der Waals surface area (Å²) in [6.07, 6.45) is 3.64. The molecule has 1 saturated carbocycles. The van der Waals surface area contributed by atoms with Crippen LogP contribution in [-0.2, 0) is 17.9 Å². The Hall–Kier alpha value is -4.07. The molecule has 2 aliphatic rings. The summed E-state index contributed by atoms with van der Waals surface area (Å²) in [5.41, 5.74) is 2.50. The van der Waals surface area contributed by atoms with Crippen LogP contribution in [0.4, 0.5) is 9.18 Å². The average molecular weight is 575 g/mol. The van der Waals surface area contributed by atoms with Gasteiger partial charge < -0.3 is 24.4 Å². The maximum atomic E-state index is 14.5. The lowest BCUT2D eigenvalue weighted by Crippen LogP contribution is -2.34. The molecule has 0 radical (unpaired) electrons. The summed E-state index contributed by atoms with van der Waals surface area (Å²) in [5, 5.41) is 2.70. The number of nitrogens with zero attached hydrogens (tertiary/aromatic N) is 1. The highest BCUT2D eigenvalue weighted by molar-refractivity contribution is 5.98. The van der Waals surface area contributed by atoms with Crippen molar-refractivity contribution >= 4 is 12.0 Å². The van der Waals surface area contributed by atoms with Gasteiger partial charge in [-0.05, 0) is 80.2 Å². The summed E-state index contributed by atoms with van der Waals surface area (Å²) in [7, 11) is 0. The highest BCUT2D eigenvalue weighted by atomic mass is 19.1. The van der Waals surface area contributed by atoms with E-state index in [9.17, 15) is 14.0 Å². The molecule has 3 aromatic carbocycles. The molecule has 0 saturated heterocycles. The van der Waals surface area contributed by atoms with Gasteiger partial charge in [-0.15, -0.1) is 0 Å². The van der Waals surface area contributed by atoms with Crippen molar-refractivity contribution in [2.75, 3.05) is 19.7 Å². The molecule has 1 aliphatic carbocycles. The quantitative estimate of drug-likeness (QED) is 0.259. The second kappa shape index (κ2) is 13.7. The van der Waals surface area contributed by atoms with Crippen LogP contribution in [0.15, 0.2) is 66.7 Å². The molecule has 0 aromatic heterocycles. The van der Waals surface area contributed by atoms with Crippen LogP contribution in [0.3, 0.4) is 0 Å². The van der Waals surface area contributed by atoms with Crippen LogP contribution in [0.5, 0.6) is 11.5 Å². The van der Waals surface area contributed by atoms with E-state index in [1.807, 2.05) is 65.6 Å². The highest BCUT2D eigenvalue weighted by Gasteiger charge is 2.34. The molecule has 7 nitrogen and oxygen atoms in total. The van der Waals surface area contributed by atoms with Crippen LogP contribution in [0, 0.1) is 24.6 Å². The molecule has 42 heavy (non-hydrogen) atoms. The Morgan fingerprint density at radius 3 is 2.57 bits per heavy atom. The maximum Gasteiger partial charge on any atom is 0.407 e. The number of alkyl carbamates (subject to hydrolysis) is 1. The smallest absolute Gasteiger partial charge is 0.407 e. The molecule has 5 rings (SSSR count). The summed E-state index contributed by atoms with van der Waals surface area (Å²) < 4.78 is 31.8. The SMILES string of the molecule is Cc1ccc2c(c1F)C(=O)N(CC1CCC(C(C)Oc3cccc(OCCNC(=O)OCc4ccccc4)c3)CC1)C2. The van der Waals surface area contributed by atoms with Gasteiger partial charge in [0.15, 0.2) is 0 Å². The summed E-state index contributed by atoms with van der Waals surface area (Å²) in [6.45, 7) is 5.83. The van der Waals surface area contributed by atoms with Crippen molar-refractivity contribution in [2.24, 2.45) is 11.8 Å². The van der Waals surface area contributed by atoms with Gasteiger partial charge in [0.1, 0.15) is 30.5 Å². The Bertz CT molecular complexity index is 1370. The van der Waals surface area contributed by atoms with Gasteiger partial charge in [-0.3, -0.25) is 4.79 Å². The molecule has 0 bridgehead atoms. The van der Waals surface area contributed by atoms with Crippen molar-refractivity contribution in [3.8, 4) is 11.5 Å². The van der Waals surface area contributed by atoms with Gasteiger partial charge in [0.05, 0.1) is 18.2 Å². The zero-order valence-electron chi connectivity index (χ0n) is 24.3. The van der Waals surface area contributed by atoms with Crippen molar-refractivity contribution in [2.45, 2.75) is 58.8 Å². The van der Waals surface area contributed by atoms with Gasteiger partial charge in [0, 0.05) is 19.2 Å². The molecule has 2 amide bonds. The van der Waals surface area contributed by atoms with Crippen LogP contribution in [0.2, 0.25) is 0 Å². The Balaban J connectivity index is 1.01. The molecule has 1 atom stereocenters. The topological polar surface area (TPSA) is 77.1 Å². The normalized spacial score (nSPS) is 18.7. The summed E-state index contributed by atoms with van der Waals surface area (Å²) >= 11 is 0. The molecular weight excluding hydrogens is 535 g/mol. The molecule has 1 fully saturated rings. The van der Waals surface area contributed by atoms with Crippen molar-refractivity contribution in [1.82, 2.24) is 10.2 Å². The zero-order valence-corrected chi connectivity index (χ0v) is 24.3. The monoisotopic (exact) mass is 574 g/mol. The fourth-order valence-electron chi connectivity index (χ4n) is 5.86. The van der Waals surface area contributed by atoms with Crippen LogP contribution in [0.25, 0.3) is 0 Å². The lowest BCUT2D eigenvalue weighted by atomic mass is 9.79. The van der Waals surface area contributed by atoms with E-state index in [1.54, 1.807) is 13.0 Å². The van der Waals surface area contributed by atoms with Gasteiger partial charge in [0.25, 0.3) is 5.91 Å². The first-order chi connectivity index (χ1) is 20.4. The minimum absolute atomic E-state index is 0.0389. The first kappa shape index (κ1) is 29.4. The Morgan fingerprint density at radius 1 is 1.02 bits per heavy atom. The van der Waals surface area contributed by atoms with Crippen molar-refractivity contribution < 1.29 is 28.2 Å². The largest absolute Gasteiger partial charge is 0.492 e. The number of amides is 2. The molecular formula is C34H39FN2O5. The molecule has 8 heteroatoms. The summed E-state index contributed by atoms with van der Waals surface area (Å²) in [4.78, 5) is 26.6. The molecule has 1 heterocycles. The van der Waals surface area contributed by atoms with E-state index in [0.29, 0.717) is 49.4 Å². The maximum absolute atomic E-state index is 14.5. The number of carbonyl (C=O) groups excluding carboxylic acids is 2. The van der Waals surface area contributed by atoms with E-state index < -0.39 is 6.09 Å². The van der Waals surface area contributed by atoms with Crippen LogP contribution in [-0.4, -0.2) is 42.7 Å². The second-order valence-corrected chi connectivity index (χ2v) is 11.3. The van der Waals surface area contributed by atoms with E-state index in [1.165, 1.54) is 0 Å². The number of ether oxygens (including phenoxy) is 3. The van der Waals surface area contributed by atoms with E-state index >= 15 is 0 Å². The third-order valence-electron chi connectivity index (χ3n) is 8.30. The van der Waals surface area contributed by atoms with Crippen LogP contribution >= 0.6 is 0 Å². The van der Waals surface area contributed by atoms with Gasteiger partial charge in [-0.2, -0.15) is 0 Å². The lowest BCUT2D eigenvalue weighted by Gasteiger charge is -2.34. The Labute approximate surface area is 247 Å².